The van der Waals surface area contributed by atoms with Gasteiger partial charge in [0.1, 0.15) is 17.9 Å². The van der Waals surface area contributed by atoms with Gasteiger partial charge in [0.25, 0.3) is 10.0 Å². The number of aromatic nitrogens is 2. The maximum atomic E-state index is 12.4. The van der Waals surface area contributed by atoms with Crippen LogP contribution in [-0.4, -0.2) is 25.5 Å². The SMILES string of the molecule is COc1ccc(S(=O)(=O)Nc2ccc(Nc3cc(C)ncn3)cc2)cc1. The number of hydrogen-bond acceptors (Lipinski definition) is 6. The number of hydrogen-bond donors (Lipinski definition) is 2. The van der Waals surface area contributed by atoms with Gasteiger partial charge in [-0.1, -0.05) is 0 Å². The van der Waals surface area contributed by atoms with E-state index in [9.17, 15) is 8.42 Å². The van der Waals surface area contributed by atoms with Gasteiger partial charge in [0.15, 0.2) is 0 Å². The van der Waals surface area contributed by atoms with Crippen molar-refractivity contribution in [1.29, 1.82) is 0 Å². The van der Waals surface area contributed by atoms with Crippen molar-refractivity contribution in [2.45, 2.75) is 11.8 Å². The number of nitrogens with zero attached hydrogens (tertiary/aromatic N) is 2. The lowest BCUT2D eigenvalue weighted by Gasteiger charge is -2.10. The van der Waals surface area contributed by atoms with E-state index in [4.69, 9.17) is 4.74 Å². The summed E-state index contributed by atoms with van der Waals surface area (Å²) in [5, 5.41) is 3.14. The molecule has 0 saturated carbocycles. The molecule has 8 heteroatoms. The van der Waals surface area contributed by atoms with Crippen molar-refractivity contribution in [3.05, 3.63) is 66.6 Å². The van der Waals surface area contributed by atoms with E-state index in [1.165, 1.54) is 25.6 Å². The van der Waals surface area contributed by atoms with E-state index < -0.39 is 10.0 Å². The predicted octanol–water partition coefficient (Wildman–Crippen LogP) is 3.34. The Morgan fingerprint density at radius 2 is 1.58 bits per heavy atom. The number of anilines is 3. The van der Waals surface area contributed by atoms with Crippen LogP contribution in [-0.2, 0) is 10.0 Å². The molecular formula is C18H18N4O3S. The maximum Gasteiger partial charge on any atom is 0.261 e. The smallest absolute Gasteiger partial charge is 0.261 e. The van der Waals surface area contributed by atoms with Gasteiger partial charge in [-0.15, -0.1) is 0 Å². The normalized spacial score (nSPS) is 11.0. The van der Waals surface area contributed by atoms with Gasteiger partial charge < -0.3 is 10.1 Å². The minimum absolute atomic E-state index is 0.164. The Morgan fingerprint density at radius 3 is 2.19 bits per heavy atom. The van der Waals surface area contributed by atoms with Crippen molar-refractivity contribution in [3.63, 3.8) is 0 Å². The maximum absolute atomic E-state index is 12.4. The zero-order valence-electron chi connectivity index (χ0n) is 14.3. The van der Waals surface area contributed by atoms with E-state index in [0.29, 0.717) is 17.3 Å². The van der Waals surface area contributed by atoms with E-state index in [2.05, 4.69) is 20.0 Å². The Morgan fingerprint density at radius 1 is 0.923 bits per heavy atom. The largest absolute Gasteiger partial charge is 0.497 e. The molecule has 1 aromatic heterocycles. The molecule has 0 spiro atoms. The summed E-state index contributed by atoms with van der Waals surface area (Å²) in [5.74, 6) is 1.27. The summed E-state index contributed by atoms with van der Waals surface area (Å²) < 4.78 is 32.4. The van der Waals surface area contributed by atoms with Crippen molar-refractivity contribution in [3.8, 4) is 5.75 Å². The van der Waals surface area contributed by atoms with Gasteiger partial charge in [-0.05, 0) is 55.5 Å². The van der Waals surface area contributed by atoms with Crippen LogP contribution >= 0.6 is 0 Å². The van der Waals surface area contributed by atoms with E-state index in [1.807, 2.05) is 13.0 Å². The first-order chi connectivity index (χ1) is 12.5. The Hall–Kier alpha value is -3.13. The number of methoxy groups -OCH3 is 1. The van der Waals surface area contributed by atoms with E-state index in [-0.39, 0.29) is 4.90 Å². The van der Waals surface area contributed by atoms with Crippen LogP contribution in [0.5, 0.6) is 5.75 Å². The number of ether oxygens (including phenoxy) is 1. The monoisotopic (exact) mass is 370 g/mol. The summed E-state index contributed by atoms with van der Waals surface area (Å²) in [6.07, 6.45) is 1.48. The Bertz CT molecular complexity index is 988. The molecule has 0 amide bonds. The second-order valence-corrected chi connectivity index (χ2v) is 7.21. The topological polar surface area (TPSA) is 93.2 Å². The lowest BCUT2D eigenvalue weighted by atomic mass is 10.3. The van der Waals surface area contributed by atoms with Crippen molar-refractivity contribution in [1.82, 2.24) is 9.97 Å². The molecule has 0 radical (unpaired) electrons. The summed E-state index contributed by atoms with van der Waals surface area (Å²) in [6.45, 7) is 1.88. The first-order valence-electron chi connectivity index (χ1n) is 7.79. The molecule has 134 valence electrons. The van der Waals surface area contributed by atoms with Gasteiger partial charge in [-0.25, -0.2) is 18.4 Å². The van der Waals surface area contributed by atoms with Crippen molar-refractivity contribution < 1.29 is 13.2 Å². The highest BCUT2D eigenvalue weighted by atomic mass is 32.2. The fourth-order valence-electron chi connectivity index (χ4n) is 2.26. The summed E-state index contributed by atoms with van der Waals surface area (Å²) in [4.78, 5) is 8.33. The number of aryl methyl sites for hydroxylation is 1. The molecule has 0 aliphatic heterocycles. The van der Waals surface area contributed by atoms with Gasteiger partial charge in [0.2, 0.25) is 0 Å². The molecule has 2 aromatic carbocycles. The summed E-state index contributed by atoms with van der Waals surface area (Å²) in [6, 6.07) is 14.9. The third kappa shape index (κ3) is 4.28. The molecular weight excluding hydrogens is 352 g/mol. The summed E-state index contributed by atoms with van der Waals surface area (Å²) >= 11 is 0. The van der Waals surface area contributed by atoms with Crippen LogP contribution in [0.2, 0.25) is 0 Å². The number of rotatable bonds is 6. The van der Waals surface area contributed by atoms with Gasteiger partial charge in [0, 0.05) is 23.1 Å². The van der Waals surface area contributed by atoms with Crippen LogP contribution in [0.25, 0.3) is 0 Å². The zero-order chi connectivity index (χ0) is 18.6. The van der Waals surface area contributed by atoms with Gasteiger partial charge in [-0.3, -0.25) is 4.72 Å². The van der Waals surface area contributed by atoms with Crippen molar-refractivity contribution in [2.24, 2.45) is 0 Å². The molecule has 1 heterocycles. The quantitative estimate of drug-likeness (QED) is 0.691. The minimum Gasteiger partial charge on any atom is -0.497 e. The average Bonchev–Trinajstić information content (AvgIpc) is 2.63. The Balaban J connectivity index is 1.71. The Kier molecular flexibility index (Phi) is 5.04. The molecule has 2 N–H and O–H groups in total. The first kappa shape index (κ1) is 17.7. The van der Waals surface area contributed by atoms with Crippen molar-refractivity contribution >= 4 is 27.2 Å². The second-order valence-electron chi connectivity index (χ2n) is 5.53. The van der Waals surface area contributed by atoms with Gasteiger partial charge >= 0.3 is 0 Å². The van der Waals surface area contributed by atoms with E-state index >= 15 is 0 Å². The van der Waals surface area contributed by atoms with Gasteiger partial charge in [-0.2, -0.15) is 0 Å². The minimum atomic E-state index is -3.66. The van der Waals surface area contributed by atoms with Crippen LogP contribution in [0.1, 0.15) is 5.69 Å². The Labute approximate surface area is 152 Å². The van der Waals surface area contributed by atoms with Crippen molar-refractivity contribution in [2.75, 3.05) is 17.1 Å². The first-order valence-corrected chi connectivity index (χ1v) is 9.27. The average molecular weight is 370 g/mol. The highest BCUT2D eigenvalue weighted by molar-refractivity contribution is 7.92. The summed E-state index contributed by atoms with van der Waals surface area (Å²) in [7, 11) is -2.13. The number of benzene rings is 2. The highest BCUT2D eigenvalue weighted by Crippen LogP contribution is 2.21. The molecule has 3 aromatic rings. The lowest BCUT2D eigenvalue weighted by molar-refractivity contribution is 0.414. The molecule has 0 unspecified atom stereocenters. The zero-order valence-corrected chi connectivity index (χ0v) is 15.1. The van der Waals surface area contributed by atoms with Crippen LogP contribution in [0, 0.1) is 6.92 Å². The standard InChI is InChI=1S/C18H18N4O3S/c1-13-11-18(20-12-19-13)21-14-3-5-15(6-4-14)22-26(23,24)17-9-7-16(25-2)8-10-17/h3-12,22H,1-2H3,(H,19,20,21). The fourth-order valence-corrected chi connectivity index (χ4v) is 3.32. The predicted molar refractivity (Wildman–Crippen MR) is 100 cm³/mol. The summed E-state index contributed by atoms with van der Waals surface area (Å²) in [5.41, 5.74) is 2.10. The molecule has 26 heavy (non-hydrogen) atoms. The van der Waals surface area contributed by atoms with Crippen LogP contribution in [0.3, 0.4) is 0 Å². The lowest BCUT2D eigenvalue weighted by Crippen LogP contribution is -2.12. The molecule has 0 saturated heterocycles. The second kappa shape index (κ2) is 7.40. The highest BCUT2D eigenvalue weighted by Gasteiger charge is 2.14. The van der Waals surface area contributed by atoms with Crippen LogP contribution < -0.4 is 14.8 Å². The molecule has 0 fully saturated rings. The third-order valence-corrected chi connectivity index (χ3v) is 4.98. The fraction of sp³-hybridized carbons (Fsp3) is 0.111. The van der Waals surface area contributed by atoms with Crippen LogP contribution in [0.15, 0.2) is 65.8 Å². The number of nitrogens with one attached hydrogen (secondary N) is 2. The molecule has 7 nitrogen and oxygen atoms in total. The van der Waals surface area contributed by atoms with Gasteiger partial charge in [0.05, 0.1) is 12.0 Å². The molecule has 0 aliphatic carbocycles. The van der Waals surface area contributed by atoms with Crippen LogP contribution in [0.4, 0.5) is 17.2 Å². The molecule has 0 aliphatic rings. The molecule has 0 atom stereocenters. The molecule has 0 bridgehead atoms. The third-order valence-electron chi connectivity index (χ3n) is 3.58. The van der Waals surface area contributed by atoms with E-state index in [0.717, 1.165) is 11.4 Å². The molecule has 3 rings (SSSR count). The number of sulfonamides is 1. The van der Waals surface area contributed by atoms with E-state index in [1.54, 1.807) is 36.4 Å².